The van der Waals surface area contributed by atoms with Crippen molar-refractivity contribution in [2.24, 2.45) is 5.41 Å². The monoisotopic (exact) mass is 218 g/mol. The van der Waals surface area contributed by atoms with Gasteiger partial charge in [0.05, 0.1) is 13.2 Å². The first-order valence-corrected chi connectivity index (χ1v) is 5.43. The highest BCUT2D eigenvalue weighted by Gasteiger charge is 2.34. The molecule has 0 aliphatic carbocycles. The standard InChI is InChI=1S/C5H9Cl2O3P/c6-1-5(2-7)3-9-11(8)10-4-5/h11H,1-4H2. The quantitative estimate of drug-likeness (QED) is 0.525. The molecule has 0 unspecified atom stereocenters. The van der Waals surface area contributed by atoms with Gasteiger partial charge in [-0.1, -0.05) is 0 Å². The molecule has 1 aliphatic rings. The predicted octanol–water partition coefficient (Wildman–Crippen LogP) is 1.89. The van der Waals surface area contributed by atoms with Crippen LogP contribution in [0.2, 0.25) is 0 Å². The lowest BCUT2D eigenvalue weighted by Gasteiger charge is -2.32. The zero-order valence-corrected chi connectivity index (χ0v) is 8.32. The number of hydrogen-bond acceptors (Lipinski definition) is 3. The fraction of sp³-hybridized carbons (Fsp3) is 1.00. The van der Waals surface area contributed by atoms with Gasteiger partial charge in [0.2, 0.25) is 0 Å². The third kappa shape index (κ3) is 2.33. The summed E-state index contributed by atoms with van der Waals surface area (Å²) in [5.41, 5.74) is -0.346. The lowest BCUT2D eigenvalue weighted by Crippen LogP contribution is -2.37. The van der Waals surface area contributed by atoms with Crippen LogP contribution in [0.5, 0.6) is 0 Å². The van der Waals surface area contributed by atoms with Gasteiger partial charge in [-0.05, 0) is 0 Å². The smallest absolute Gasteiger partial charge is 0.310 e. The molecule has 0 saturated carbocycles. The van der Waals surface area contributed by atoms with Crippen LogP contribution in [0.3, 0.4) is 0 Å². The summed E-state index contributed by atoms with van der Waals surface area (Å²) < 4.78 is 20.3. The fourth-order valence-electron chi connectivity index (χ4n) is 0.697. The maximum Gasteiger partial charge on any atom is 0.319 e. The summed E-state index contributed by atoms with van der Waals surface area (Å²) in [5, 5.41) is 0. The van der Waals surface area contributed by atoms with E-state index in [9.17, 15) is 4.57 Å². The highest BCUT2D eigenvalue weighted by atomic mass is 35.5. The van der Waals surface area contributed by atoms with Gasteiger partial charge in [-0.25, -0.2) is 0 Å². The molecule has 1 saturated heterocycles. The fourth-order valence-corrected chi connectivity index (χ4v) is 2.22. The Morgan fingerprint density at radius 1 is 1.27 bits per heavy atom. The van der Waals surface area contributed by atoms with Gasteiger partial charge in [0.15, 0.2) is 0 Å². The van der Waals surface area contributed by atoms with Crippen LogP contribution < -0.4 is 0 Å². The second-order valence-electron chi connectivity index (χ2n) is 2.59. The average Bonchev–Trinajstić information content (AvgIpc) is 2.07. The second kappa shape index (κ2) is 4.11. The summed E-state index contributed by atoms with van der Waals surface area (Å²) in [7, 11) is -2.25. The minimum absolute atomic E-state index is 0.331. The molecule has 0 amide bonds. The zero-order valence-electron chi connectivity index (χ0n) is 5.81. The van der Waals surface area contributed by atoms with Crippen LogP contribution in [0.1, 0.15) is 0 Å². The molecule has 0 bridgehead atoms. The summed E-state index contributed by atoms with van der Waals surface area (Å²) >= 11 is 11.3. The summed E-state index contributed by atoms with van der Waals surface area (Å²) in [5.74, 6) is 0.733. The number of halogens is 2. The van der Waals surface area contributed by atoms with E-state index in [1.165, 1.54) is 0 Å². The van der Waals surface area contributed by atoms with E-state index in [4.69, 9.17) is 32.2 Å². The van der Waals surface area contributed by atoms with Crippen LogP contribution in [-0.2, 0) is 13.6 Å². The molecule has 0 aromatic rings. The molecule has 6 heteroatoms. The van der Waals surface area contributed by atoms with Gasteiger partial charge in [-0.2, -0.15) is 0 Å². The Morgan fingerprint density at radius 2 is 1.73 bits per heavy atom. The maximum absolute atomic E-state index is 10.6. The Morgan fingerprint density at radius 3 is 2.09 bits per heavy atom. The Labute approximate surface area is 75.9 Å². The first kappa shape index (κ1) is 9.82. The number of alkyl halides is 2. The van der Waals surface area contributed by atoms with E-state index >= 15 is 0 Å². The van der Waals surface area contributed by atoms with Gasteiger partial charge in [0.1, 0.15) is 0 Å². The average molecular weight is 219 g/mol. The molecule has 0 radical (unpaired) electrons. The molecule has 0 N–H and O–H groups in total. The summed E-state index contributed by atoms with van der Waals surface area (Å²) in [4.78, 5) is 0. The van der Waals surface area contributed by atoms with Crippen LogP contribution in [-0.4, -0.2) is 25.0 Å². The molecule has 1 fully saturated rings. The third-order valence-electron chi connectivity index (χ3n) is 1.56. The molecular formula is C5H9Cl2O3P. The minimum Gasteiger partial charge on any atom is -0.310 e. The molecule has 0 aromatic carbocycles. The van der Waals surface area contributed by atoms with Crippen LogP contribution >= 0.6 is 31.5 Å². The Kier molecular flexibility index (Phi) is 3.66. The van der Waals surface area contributed by atoms with E-state index in [0.29, 0.717) is 25.0 Å². The van der Waals surface area contributed by atoms with Gasteiger partial charge in [0, 0.05) is 17.2 Å². The van der Waals surface area contributed by atoms with E-state index in [0.717, 1.165) is 0 Å². The highest BCUT2D eigenvalue weighted by Crippen LogP contribution is 2.38. The zero-order chi connectivity index (χ0) is 8.32. The van der Waals surface area contributed by atoms with Crippen molar-refractivity contribution in [2.45, 2.75) is 0 Å². The van der Waals surface area contributed by atoms with E-state index < -0.39 is 8.25 Å². The summed E-state index contributed by atoms with van der Waals surface area (Å²) in [6, 6.07) is 0. The van der Waals surface area contributed by atoms with E-state index in [2.05, 4.69) is 0 Å². The maximum atomic E-state index is 10.6. The lowest BCUT2D eigenvalue weighted by atomic mass is 9.96. The SMILES string of the molecule is O=[PH]1OCC(CCl)(CCl)CO1. The van der Waals surface area contributed by atoms with Gasteiger partial charge >= 0.3 is 8.25 Å². The van der Waals surface area contributed by atoms with Crippen LogP contribution in [0.4, 0.5) is 0 Å². The highest BCUT2D eigenvalue weighted by molar-refractivity contribution is 7.33. The molecule has 0 spiro atoms. The molecule has 3 nitrogen and oxygen atoms in total. The first-order valence-electron chi connectivity index (χ1n) is 3.14. The van der Waals surface area contributed by atoms with Gasteiger partial charge in [-0.3, -0.25) is 4.57 Å². The molecule has 1 rings (SSSR count). The molecule has 1 heterocycles. The van der Waals surface area contributed by atoms with Crippen molar-refractivity contribution in [1.29, 1.82) is 0 Å². The molecule has 1 aliphatic heterocycles. The van der Waals surface area contributed by atoms with Crippen molar-refractivity contribution in [1.82, 2.24) is 0 Å². The topological polar surface area (TPSA) is 35.5 Å². The van der Waals surface area contributed by atoms with Crippen molar-refractivity contribution in [3.63, 3.8) is 0 Å². The largest absolute Gasteiger partial charge is 0.319 e. The first-order chi connectivity index (χ1) is 5.22. The van der Waals surface area contributed by atoms with Crippen molar-refractivity contribution in [3.05, 3.63) is 0 Å². The van der Waals surface area contributed by atoms with Gasteiger partial charge in [-0.15, -0.1) is 23.2 Å². The number of hydrogen-bond donors (Lipinski definition) is 0. The van der Waals surface area contributed by atoms with Gasteiger partial charge in [0.25, 0.3) is 0 Å². The van der Waals surface area contributed by atoms with Crippen molar-refractivity contribution in [2.75, 3.05) is 25.0 Å². The van der Waals surface area contributed by atoms with Crippen molar-refractivity contribution >= 4 is 31.5 Å². The Hall–Kier alpha value is 0.730. The predicted molar refractivity (Wildman–Crippen MR) is 44.8 cm³/mol. The van der Waals surface area contributed by atoms with Crippen LogP contribution in [0.25, 0.3) is 0 Å². The number of rotatable bonds is 2. The van der Waals surface area contributed by atoms with Crippen molar-refractivity contribution < 1.29 is 13.6 Å². The van der Waals surface area contributed by atoms with Crippen LogP contribution in [0.15, 0.2) is 0 Å². The van der Waals surface area contributed by atoms with Crippen molar-refractivity contribution in [3.8, 4) is 0 Å². The van der Waals surface area contributed by atoms with E-state index in [1.807, 2.05) is 0 Å². The molecule has 66 valence electrons. The molecule has 0 aromatic heterocycles. The third-order valence-corrected chi connectivity index (χ3v) is 3.45. The lowest BCUT2D eigenvalue weighted by molar-refractivity contribution is 0.0584. The summed E-state index contributed by atoms with van der Waals surface area (Å²) in [6.45, 7) is 0.662. The van der Waals surface area contributed by atoms with E-state index in [1.54, 1.807) is 0 Å². The Balaban J connectivity index is 2.52. The molecule has 0 atom stereocenters. The van der Waals surface area contributed by atoms with Gasteiger partial charge < -0.3 is 9.05 Å². The minimum atomic E-state index is -2.25. The molecule has 11 heavy (non-hydrogen) atoms. The normalized spacial score (nSPS) is 25.3. The summed E-state index contributed by atoms with van der Waals surface area (Å²) in [6.07, 6.45) is 0. The van der Waals surface area contributed by atoms with Crippen LogP contribution in [0, 0.1) is 5.41 Å². The molecular weight excluding hydrogens is 210 g/mol. The van der Waals surface area contributed by atoms with E-state index in [-0.39, 0.29) is 5.41 Å². The Bertz CT molecular complexity index is 148. The second-order valence-corrected chi connectivity index (χ2v) is 4.21.